The van der Waals surface area contributed by atoms with Crippen LogP contribution in [0.25, 0.3) is 0 Å². The molecule has 1 aliphatic carbocycles. The van der Waals surface area contributed by atoms with Gasteiger partial charge < -0.3 is 5.32 Å². The highest BCUT2D eigenvalue weighted by atomic mass is 35.5. The third-order valence-corrected chi connectivity index (χ3v) is 5.62. The minimum Gasteiger partial charge on any atom is -0.316 e. The lowest BCUT2D eigenvalue weighted by Gasteiger charge is -2.36. The van der Waals surface area contributed by atoms with Crippen LogP contribution in [0.4, 0.5) is 0 Å². The van der Waals surface area contributed by atoms with E-state index in [4.69, 9.17) is 23.2 Å². The van der Waals surface area contributed by atoms with Gasteiger partial charge in [-0.3, -0.25) is 0 Å². The standard InChI is InChI=1S/C18H27Cl2N/c1-3-9-21-12-15-6-5-13(4-2)10-16(15)14-7-8-17(19)18(20)11-14/h7-8,11,13,15-16,21H,3-6,9-10,12H2,1-2H3. The minimum atomic E-state index is 0.614. The Bertz CT molecular complexity index is 445. The number of nitrogens with one attached hydrogen (secondary N) is 1. The molecule has 0 saturated heterocycles. The van der Waals surface area contributed by atoms with Crippen molar-refractivity contribution in [2.24, 2.45) is 11.8 Å². The van der Waals surface area contributed by atoms with Gasteiger partial charge in [0.2, 0.25) is 0 Å². The molecule has 0 bridgehead atoms. The molecule has 118 valence electrons. The number of hydrogen-bond donors (Lipinski definition) is 1. The number of rotatable bonds is 6. The van der Waals surface area contributed by atoms with Crippen molar-refractivity contribution < 1.29 is 0 Å². The summed E-state index contributed by atoms with van der Waals surface area (Å²) < 4.78 is 0. The van der Waals surface area contributed by atoms with E-state index in [0.29, 0.717) is 16.0 Å². The molecule has 0 amide bonds. The molecular formula is C18H27Cl2N. The van der Waals surface area contributed by atoms with Crippen molar-refractivity contribution in [2.45, 2.75) is 51.9 Å². The summed E-state index contributed by atoms with van der Waals surface area (Å²) in [6, 6.07) is 6.20. The fourth-order valence-corrected chi connectivity index (χ4v) is 3.86. The van der Waals surface area contributed by atoms with E-state index < -0.39 is 0 Å². The van der Waals surface area contributed by atoms with Crippen molar-refractivity contribution in [2.75, 3.05) is 13.1 Å². The zero-order chi connectivity index (χ0) is 15.2. The van der Waals surface area contributed by atoms with Gasteiger partial charge in [-0.25, -0.2) is 0 Å². The van der Waals surface area contributed by atoms with E-state index in [1.54, 1.807) is 0 Å². The topological polar surface area (TPSA) is 12.0 Å². The van der Waals surface area contributed by atoms with Crippen LogP contribution >= 0.6 is 23.2 Å². The van der Waals surface area contributed by atoms with Crippen molar-refractivity contribution in [1.82, 2.24) is 5.32 Å². The van der Waals surface area contributed by atoms with Gasteiger partial charge in [0.05, 0.1) is 10.0 Å². The molecule has 0 aliphatic heterocycles. The summed E-state index contributed by atoms with van der Waals surface area (Å²) in [5.41, 5.74) is 1.37. The quantitative estimate of drug-likeness (QED) is 0.641. The third kappa shape index (κ3) is 4.61. The van der Waals surface area contributed by atoms with Crippen LogP contribution in [0.3, 0.4) is 0 Å². The van der Waals surface area contributed by atoms with E-state index in [0.717, 1.165) is 24.9 Å². The normalized spacial score (nSPS) is 26.0. The van der Waals surface area contributed by atoms with Crippen LogP contribution in [0.5, 0.6) is 0 Å². The Balaban J connectivity index is 2.13. The molecule has 3 atom stereocenters. The highest BCUT2D eigenvalue weighted by Gasteiger charge is 2.30. The SMILES string of the molecule is CCCNCC1CCC(CC)CC1c1ccc(Cl)c(Cl)c1. The molecule has 1 nitrogen and oxygen atoms in total. The Labute approximate surface area is 139 Å². The van der Waals surface area contributed by atoms with Gasteiger partial charge in [0.25, 0.3) is 0 Å². The fourth-order valence-electron chi connectivity index (χ4n) is 3.55. The van der Waals surface area contributed by atoms with Gasteiger partial charge in [-0.2, -0.15) is 0 Å². The number of halogens is 2. The summed E-state index contributed by atoms with van der Waals surface area (Å²) in [5.74, 6) is 2.19. The van der Waals surface area contributed by atoms with Gasteiger partial charge in [-0.15, -0.1) is 0 Å². The molecule has 1 aliphatic rings. The molecule has 1 aromatic rings. The fraction of sp³-hybridized carbons (Fsp3) is 0.667. The van der Waals surface area contributed by atoms with Gasteiger partial charge >= 0.3 is 0 Å². The van der Waals surface area contributed by atoms with Gasteiger partial charge in [-0.05, 0) is 67.8 Å². The molecule has 2 rings (SSSR count). The number of hydrogen-bond acceptors (Lipinski definition) is 1. The molecule has 1 fully saturated rings. The lowest BCUT2D eigenvalue weighted by molar-refractivity contribution is 0.226. The van der Waals surface area contributed by atoms with Crippen LogP contribution in [0, 0.1) is 11.8 Å². The first-order chi connectivity index (χ1) is 10.2. The van der Waals surface area contributed by atoms with Crippen LogP contribution in [-0.4, -0.2) is 13.1 Å². The Kier molecular flexibility index (Phi) is 6.85. The number of benzene rings is 1. The van der Waals surface area contributed by atoms with Gasteiger partial charge in [0.1, 0.15) is 0 Å². The molecule has 3 heteroatoms. The van der Waals surface area contributed by atoms with E-state index in [1.807, 2.05) is 6.07 Å². The largest absolute Gasteiger partial charge is 0.316 e. The average Bonchev–Trinajstić information content (AvgIpc) is 2.50. The molecule has 0 spiro atoms. The second-order valence-corrected chi connectivity index (χ2v) is 7.15. The van der Waals surface area contributed by atoms with Gasteiger partial charge in [-0.1, -0.05) is 56.0 Å². The lowest BCUT2D eigenvalue weighted by atomic mass is 9.70. The predicted octanol–water partition coefficient (Wildman–Crippen LogP) is 5.90. The first kappa shape index (κ1) is 17.1. The smallest absolute Gasteiger partial charge is 0.0595 e. The predicted molar refractivity (Wildman–Crippen MR) is 93.5 cm³/mol. The Morgan fingerprint density at radius 3 is 2.62 bits per heavy atom. The van der Waals surface area contributed by atoms with Crippen molar-refractivity contribution in [3.63, 3.8) is 0 Å². The third-order valence-electron chi connectivity index (χ3n) is 4.88. The summed E-state index contributed by atoms with van der Waals surface area (Å²) in [7, 11) is 0. The molecule has 1 N–H and O–H groups in total. The minimum absolute atomic E-state index is 0.614. The maximum atomic E-state index is 6.23. The van der Waals surface area contributed by atoms with E-state index in [1.165, 1.54) is 37.7 Å². The second kappa shape index (κ2) is 8.41. The molecular weight excluding hydrogens is 301 g/mol. The van der Waals surface area contributed by atoms with E-state index in [-0.39, 0.29) is 0 Å². The molecule has 1 saturated carbocycles. The Morgan fingerprint density at radius 2 is 1.95 bits per heavy atom. The molecule has 1 aromatic carbocycles. The van der Waals surface area contributed by atoms with Crippen LogP contribution in [0.15, 0.2) is 18.2 Å². The molecule has 0 aromatic heterocycles. The maximum absolute atomic E-state index is 6.23. The van der Waals surface area contributed by atoms with Crippen LogP contribution in [-0.2, 0) is 0 Å². The lowest BCUT2D eigenvalue weighted by Crippen LogP contribution is -2.32. The molecule has 0 radical (unpaired) electrons. The van der Waals surface area contributed by atoms with Gasteiger partial charge in [0, 0.05) is 0 Å². The van der Waals surface area contributed by atoms with Crippen molar-refractivity contribution in [3.05, 3.63) is 33.8 Å². The van der Waals surface area contributed by atoms with Crippen molar-refractivity contribution in [1.29, 1.82) is 0 Å². The van der Waals surface area contributed by atoms with Crippen molar-refractivity contribution in [3.8, 4) is 0 Å². The molecule has 21 heavy (non-hydrogen) atoms. The monoisotopic (exact) mass is 327 g/mol. The van der Waals surface area contributed by atoms with Gasteiger partial charge in [0.15, 0.2) is 0 Å². The summed E-state index contributed by atoms with van der Waals surface area (Å²) >= 11 is 12.3. The highest BCUT2D eigenvalue weighted by molar-refractivity contribution is 6.42. The van der Waals surface area contributed by atoms with Crippen LogP contribution < -0.4 is 5.32 Å². The van der Waals surface area contributed by atoms with E-state index >= 15 is 0 Å². The van der Waals surface area contributed by atoms with E-state index in [2.05, 4.69) is 31.3 Å². The summed E-state index contributed by atoms with van der Waals surface area (Å²) in [4.78, 5) is 0. The first-order valence-corrected chi connectivity index (χ1v) is 9.06. The van der Waals surface area contributed by atoms with Crippen molar-refractivity contribution >= 4 is 23.2 Å². The van der Waals surface area contributed by atoms with Crippen LogP contribution in [0.2, 0.25) is 10.0 Å². The Morgan fingerprint density at radius 1 is 1.14 bits per heavy atom. The molecule has 0 heterocycles. The average molecular weight is 328 g/mol. The highest BCUT2D eigenvalue weighted by Crippen LogP contribution is 2.42. The summed E-state index contributed by atoms with van der Waals surface area (Å²) in [6.07, 6.45) is 6.45. The van der Waals surface area contributed by atoms with Crippen LogP contribution in [0.1, 0.15) is 57.4 Å². The molecule has 3 unspecified atom stereocenters. The zero-order valence-electron chi connectivity index (χ0n) is 13.2. The maximum Gasteiger partial charge on any atom is 0.0595 e. The summed E-state index contributed by atoms with van der Waals surface area (Å²) in [6.45, 7) is 6.76. The summed E-state index contributed by atoms with van der Waals surface area (Å²) in [5, 5.41) is 4.95. The Hall–Kier alpha value is -0.240. The second-order valence-electron chi connectivity index (χ2n) is 6.33. The first-order valence-electron chi connectivity index (χ1n) is 8.31. The zero-order valence-corrected chi connectivity index (χ0v) is 14.7. The van der Waals surface area contributed by atoms with E-state index in [9.17, 15) is 0 Å².